The van der Waals surface area contributed by atoms with E-state index < -0.39 is 0 Å². The summed E-state index contributed by atoms with van der Waals surface area (Å²) in [7, 11) is 0. The van der Waals surface area contributed by atoms with Gasteiger partial charge < -0.3 is 4.42 Å². The Balaban J connectivity index is 2.66. The van der Waals surface area contributed by atoms with E-state index in [4.69, 9.17) is 62.4 Å². The van der Waals surface area contributed by atoms with Crippen molar-refractivity contribution in [2.45, 2.75) is 0 Å². The highest BCUT2D eigenvalue weighted by atomic mass is 35.5. The Morgan fingerprint density at radius 2 is 1.39 bits per heavy atom. The van der Waals surface area contributed by atoms with E-state index in [0.717, 1.165) is 0 Å². The molecular formula is C12H3Cl5O. The molecule has 0 aliphatic rings. The van der Waals surface area contributed by atoms with Gasteiger partial charge in [0.05, 0.1) is 25.1 Å². The Kier molecular flexibility index (Phi) is 3.08. The standard InChI is InChI=1S/C12H3Cl5O/c13-4-1-2-5(14)12-8(4)9-7(18-12)3-6(15)10(16)11(9)17/h1-3H. The fourth-order valence-corrected chi connectivity index (χ4v) is 2.98. The molecule has 0 fully saturated rings. The van der Waals surface area contributed by atoms with Gasteiger partial charge in [-0.2, -0.15) is 0 Å². The second-order valence-corrected chi connectivity index (χ2v) is 5.67. The van der Waals surface area contributed by atoms with Gasteiger partial charge in [-0.3, -0.25) is 0 Å². The maximum absolute atomic E-state index is 6.20. The van der Waals surface area contributed by atoms with Crippen LogP contribution in [0.1, 0.15) is 0 Å². The van der Waals surface area contributed by atoms with E-state index in [1.165, 1.54) is 0 Å². The predicted octanol–water partition coefficient (Wildman–Crippen LogP) is 6.85. The van der Waals surface area contributed by atoms with Crippen molar-refractivity contribution in [1.82, 2.24) is 0 Å². The van der Waals surface area contributed by atoms with Crippen molar-refractivity contribution in [3.63, 3.8) is 0 Å². The molecule has 0 aliphatic heterocycles. The van der Waals surface area contributed by atoms with Gasteiger partial charge >= 0.3 is 0 Å². The normalized spacial score (nSPS) is 11.6. The third kappa shape index (κ3) is 1.70. The van der Waals surface area contributed by atoms with Gasteiger partial charge in [-0.1, -0.05) is 58.0 Å². The second kappa shape index (κ2) is 4.36. The third-order valence-corrected chi connectivity index (χ3v) is 4.52. The van der Waals surface area contributed by atoms with E-state index in [1.54, 1.807) is 18.2 Å². The molecule has 3 rings (SSSR count). The maximum atomic E-state index is 6.20. The van der Waals surface area contributed by atoms with Crippen molar-refractivity contribution in [2.24, 2.45) is 0 Å². The molecule has 0 amide bonds. The van der Waals surface area contributed by atoms with Crippen LogP contribution >= 0.6 is 58.0 Å². The van der Waals surface area contributed by atoms with E-state index in [1.807, 2.05) is 0 Å². The molecule has 0 radical (unpaired) electrons. The lowest BCUT2D eigenvalue weighted by molar-refractivity contribution is 0.669. The number of fused-ring (bicyclic) bond motifs is 3. The highest BCUT2D eigenvalue weighted by molar-refractivity contribution is 6.52. The predicted molar refractivity (Wildman–Crippen MR) is 78.8 cm³/mol. The number of benzene rings is 2. The van der Waals surface area contributed by atoms with Gasteiger partial charge in [-0.05, 0) is 12.1 Å². The van der Waals surface area contributed by atoms with Crippen molar-refractivity contribution in [2.75, 3.05) is 0 Å². The summed E-state index contributed by atoms with van der Waals surface area (Å²) in [5.41, 5.74) is 0.971. The quantitative estimate of drug-likeness (QED) is 0.408. The summed E-state index contributed by atoms with van der Waals surface area (Å²) in [5.74, 6) is 0. The molecule has 0 unspecified atom stereocenters. The lowest BCUT2D eigenvalue weighted by atomic mass is 10.1. The average molecular weight is 340 g/mol. The van der Waals surface area contributed by atoms with Crippen LogP contribution in [0.5, 0.6) is 0 Å². The number of hydrogen-bond donors (Lipinski definition) is 0. The summed E-state index contributed by atoms with van der Waals surface area (Å²) in [6, 6.07) is 4.93. The number of furan rings is 1. The van der Waals surface area contributed by atoms with Crippen LogP contribution in [0.2, 0.25) is 25.1 Å². The molecule has 6 heteroatoms. The average Bonchev–Trinajstić information content (AvgIpc) is 2.71. The van der Waals surface area contributed by atoms with Gasteiger partial charge in [0.2, 0.25) is 0 Å². The molecule has 2 aromatic carbocycles. The molecule has 0 bridgehead atoms. The Morgan fingerprint density at radius 3 is 2.11 bits per heavy atom. The molecule has 1 aromatic heterocycles. The van der Waals surface area contributed by atoms with Crippen LogP contribution in [0, 0.1) is 0 Å². The van der Waals surface area contributed by atoms with Crippen molar-refractivity contribution in [3.05, 3.63) is 43.3 Å². The van der Waals surface area contributed by atoms with Crippen molar-refractivity contribution >= 4 is 79.9 Å². The van der Waals surface area contributed by atoms with Crippen LogP contribution in [0.15, 0.2) is 22.6 Å². The minimum atomic E-state index is 0.268. The van der Waals surface area contributed by atoms with E-state index in [9.17, 15) is 0 Å². The van der Waals surface area contributed by atoms with E-state index in [0.29, 0.717) is 42.0 Å². The van der Waals surface area contributed by atoms with Crippen LogP contribution < -0.4 is 0 Å². The fourth-order valence-electron chi connectivity index (χ4n) is 1.86. The Hall–Kier alpha value is -0.310. The highest BCUT2D eigenvalue weighted by Crippen LogP contribution is 2.45. The van der Waals surface area contributed by atoms with Gasteiger partial charge in [0.1, 0.15) is 5.58 Å². The molecule has 18 heavy (non-hydrogen) atoms. The molecule has 0 saturated carbocycles. The van der Waals surface area contributed by atoms with Crippen molar-refractivity contribution in [3.8, 4) is 0 Å². The number of hydrogen-bond acceptors (Lipinski definition) is 1. The number of rotatable bonds is 0. The second-order valence-electron chi connectivity index (χ2n) is 3.69. The SMILES string of the molecule is Clc1cc2oc3c(Cl)ccc(Cl)c3c2c(Cl)c1Cl. The molecule has 1 heterocycles. The highest BCUT2D eigenvalue weighted by Gasteiger charge is 2.19. The summed E-state index contributed by atoms with van der Waals surface area (Å²) in [4.78, 5) is 0. The zero-order chi connectivity index (χ0) is 13.0. The minimum absolute atomic E-state index is 0.268. The first-order valence-electron chi connectivity index (χ1n) is 4.84. The first-order valence-corrected chi connectivity index (χ1v) is 6.73. The zero-order valence-corrected chi connectivity index (χ0v) is 12.3. The summed E-state index contributed by atoms with van der Waals surface area (Å²) in [5, 5.41) is 3.10. The first-order chi connectivity index (χ1) is 8.50. The third-order valence-electron chi connectivity index (χ3n) is 2.65. The molecule has 0 aliphatic carbocycles. The van der Waals surface area contributed by atoms with Crippen LogP contribution in [-0.4, -0.2) is 0 Å². The minimum Gasteiger partial charge on any atom is -0.454 e. The molecule has 1 nitrogen and oxygen atoms in total. The monoisotopic (exact) mass is 338 g/mol. The van der Waals surface area contributed by atoms with Crippen molar-refractivity contribution in [1.29, 1.82) is 0 Å². The molecule has 3 aromatic rings. The molecule has 0 atom stereocenters. The van der Waals surface area contributed by atoms with Gasteiger partial charge in [0.25, 0.3) is 0 Å². The topological polar surface area (TPSA) is 13.1 Å². The van der Waals surface area contributed by atoms with E-state index in [-0.39, 0.29) is 5.02 Å². The molecule has 0 N–H and O–H groups in total. The summed E-state index contributed by atoms with van der Waals surface area (Å²) in [6.45, 7) is 0. The largest absolute Gasteiger partial charge is 0.454 e. The number of halogens is 5. The van der Waals surface area contributed by atoms with E-state index in [2.05, 4.69) is 0 Å². The zero-order valence-electron chi connectivity index (χ0n) is 8.53. The lowest BCUT2D eigenvalue weighted by Gasteiger charge is -2.00. The summed E-state index contributed by atoms with van der Waals surface area (Å²) >= 11 is 30.4. The van der Waals surface area contributed by atoms with Gasteiger partial charge in [0.15, 0.2) is 5.58 Å². The van der Waals surface area contributed by atoms with Crippen LogP contribution in [0.3, 0.4) is 0 Å². The Bertz CT molecular complexity index is 790. The fraction of sp³-hybridized carbons (Fsp3) is 0. The molecule has 0 spiro atoms. The molecular weight excluding hydrogens is 337 g/mol. The Morgan fingerprint density at radius 1 is 0.722 bits per heavy atom. The van der Waals surface area contributed by atoms with Crippen LogP contribution in [0.25, 0.3) is 21.9 Å². The van der Waals surface area contributed by atoms with Crippen LogP contribution in [0.4, 0.5) is 0 Å². The summed E-state index contributed by atoms with van der Waals surface area (Å²) < 4.78 is 5.64. The first kappa shape index (κ1) is 12.7. The smallest absolute Gasteiger partial charge is 0.155 e. The summed E-state index contributed by atoms with van der Waals surface area (Å²) in [6.07, 6.45) is 0. The Labute approximate surface area is 127 Å². The van der Waals surface area contributed by atoms with E-state index >= 15 is 0 Å². The molecule has 92 valence electrons. The van der Waals surface area contributed by atoms with Gasteiger partial charge in [-0.25, -0.2) is 0 Å². The lowest BCUT2D eigenvalue weighted by Crippen LogP contribution is -1.75. The van der Waals surface area contributed by atoms with Gasteiger partial charge in [0, 0.05) is 16.8 Å². The van der Waals surface area contributed by atoms with Crippen molar-refractivity contribution < 1.29 is 4.42 Å². The maximum Gasteiger partial charge on any atom is 0.155 e. The van der Waals surface area contributed by atoms with Gasteiger partial charge in [-0.15, -0.1) is 0 Å². The molecule has 0 saturated heterocycles. The van der Waals surface area contributed by atoms with Crippen LogP contribution in [-0.2, 0) is 0 Å².